The lowest BCUT2D eigenvalue weighted by Gasteiger charge is -2.14. The van der Waals surface area contributed by atoms with Crippen LogP contribution in [-0.2, 0) is 6.42 Å². The lowest BCUT2D eigenvalue weighted by molar-refractivity contribution is 0.522. The maximum Gasteiger partial charge on any atom is 0.146 e. The minimum Gasteiger partial charge on any atom is -0.271 e. The van der Waals surface area contributed by atoms with Crippen LogP contribution >= 0.6 is 15.9 Å². The molecule has 94 valence electrons. The summed E-state index contributed by atoms with van der Waals surface area (Å²) >= 11 is 3.46. The third kappa shape index (κ3) is 3.35. The Hall–Kier alpha value is -1.30. The Balaban J connectivity index is 2.17. The molecule has 18 heavy (non-hydrogen) atoms. The average Bonchev–Trinajstić information content (AvgIpc) is 2.37. The number of nitrogens with zero attached hydrogens (tertiary/aromatic N) is 2. The summed E-state index contributed by atoms with van der Waals surface area (Å²) in [5, 5.41) is 0. The van der Waals surface area contributed by atoms with Crippen LogP contribution in [0.4, 0.5) is 0 Å². The van der Waals surface area contributed by atoms with Crippen LogP contribution < -0.4 is 11.3 Å². The molecular formula is C13H15BrN4. The van der Waals surface area contributed by atoms with Gasteiger partial charge in [0.15, 0.2) is 0 Å². The fraction of sp³-hybridized carbons (Fsp3) is 0.231. The van der Waals surface area contributed by atoms with Crippen LogP contribution in [0.3, 0.4) is 0 Å². The highest BCUT2D eigenvalue weighted by Gasteiger charge is 2.13. The summed E-state index contributed by atoms with van der Waals surface area (Å²) in [6.07, 6.45) is 4.35. The van der Waals surface area contributed by atoms with Crippen molar-refractivity contribution in [1.82, 2.24) is 15.4 Å². The molecule has 3 N–H and O–H groups in total. The number of nitrogens with two attached hydrogens (primary N) is 1. The minimum atomic E-state index is -0.0834. The number of aromatic nitrogens is 2. The van der Waals surface area contributed by atoms with Crippen LogP contribution in [0.2, 0.25) is 0 Å². The van der Waals surface area contributed by atoms with Crippen molar-refractivity contribution in [3.8, 4) is 0 Å². The minimum absolute atomic E-state index is 0.0834. The molecule has 1 aromatic carbocycles. The molecule has 1 heterocycles. The SMILES string of the molecule is Cc1cnc(C(Cc2cccc(Br)c2)NN)nc1. The molecular weight excluding hydrogens is 292 g/mol. The van der Waals surface area contributed by atoms with Gasteiger partial charge in [0, 0.05) is 16.9 Å². The summed E-state index contributed by atoms with van der Waals surface area (Å²) in [7, 11) is 0. The highest BCUT2D eigenvalue weighted by Crippen LogP contribution is 2.17. The first-order valence-corrected chi connectivity index (χ1v) is 6.47. The Bertz CT molecular complexity index is 513. The van der Waals surface area contributed by atoms with Crippen molar-refractivity contribution in [2.24, 2.45) is 5.84 Å². The van der Waals surface area contributed by atoms with E-state index in [1.54, 1.807) is 12.4 Å². The van der Waals surface area contributed by atoms with Gasteiger partial charge in [-0.25, -0.2) is 15.4 Å². The molecule has 5 heteroatoms. The highest BCUT2D eigenvalue weighted by molar-refractivity contribution is 9.10. The second-order valence-electron chi connectivity index (χ2n) is 4.17. The van der Waals surface area contributed by atoms with Gasteiger partial charge in [0.2, 0.25) is 0 Å². The van der Waals surface area contributed by atoms with E-state index in [1.807, 2.05) is 19.1 Å². The molecule has 0 bridgehead atoms. The van der Waals surface area contributed by atoms with Gasteiger partial charge in [-0.2, -0.15) is 0 Å². The molecule has 0 fully saturated rings. The standard InChI is InChI=1S/C13H15BrN4/c1-9-7-16-13(17-8-9)12(18-15)6-10-3-2-4-11(14)5-10/h2-5,7-8,12,18H,6,15H2,1H3. The molecule has 4 nitrogen and oxygen atoms in total. The van der Waals surface area contributed by atoms with Crippen LogP contribution in [0.1, 0.15) is 23.0 Å². The van der Waals surface area contributed by atoms with Crippen molar-refractivity contribution in [2.45, 2.75) is 19.4 Å². The Kier molecular flexibility index (Phi) is 4.41. The largest absolute Gasteiger partial charge is 0.271 e. The molecule has 0 aliphatic rings. The van der Waals surface area contributed by atoms with E-state index in [4.69, 9.17) is 5.84 Å². The van der Waals surface area contributed by atoms with Crippen LogP contribution in [0.25, 0.3) is 0 Å². The van der Waals surface area contributed by atoms with E-state index in [9.17, 15) is 0 Å². The van der Waals surface area contributed by atoms with Crippen molar-refractivity contribution < 1.29 is 0 Å². The molecule has 0 aliphatic carbocycles. The molecule has 0 amide bonds. The number of halogens is 1. The van der Waals surface area contributed by atoms with Gasteiger partial charge in [-0.3, -0.25) is 5.84 Å². The quantitative estimate of drug-likeness (QED) is 0.672. The van der Waals surface area contributed by atoms with E-state index in [2.05, 4.69) is 43.5 Å². The van der Waals surface area contributed by atoms with Gasteiger partial charge in [0.25, 0.3) is 0 Å². The van der Waals surface area contributed by atoms with Gasteiger partial charge >= 0.3 is 0 Å². The summed E-state index contributed by atoms with van der Waals surface area (Å²) < 4.78 is 1.06. The normalized spacial score (nSPS) is 12.4. The average molecular weight is 307 g/mol. The number of hydrogen-bond donors (Lipinski definition) is 2. The topological polar surface area (TPSA) is 63.8 Å². The molecule has 2 aromatic rings. The molecule has 0 saturated carbocycles. The zero-order valence-electron chi connectivity index (χ0n) is 10.1. The van der Waals surface area contributed by atoms with Crippen molar-refractivity contribution in [2.75, 3.05) is 0 Å². The fourth-order valence-corrected chi connectivity index (χ4v) is 2.15. The molecule has 0 spiro atoms. The first-order chi connectivity index (χ1) is 8.69. The number of rotatable bonds is 4. The van der Waals surface area contributed by atoms with Crippen LogP contribution in [0, 0.1) is 6.92 Å². The zero-order valence-corrected chi connectivity index (χ0v) is 11.7. The summed E-state index contributed by atoms with van der Waals surface area (Å²) in [6.45, 7) is 1.96. The van der Waals surface area contributed by atoms with Crippen LogP contribution in [0.5, 0.6) is 0 Å². The van der Waals surface area contributed by atoms with Crippen molar-refractivity contribution in [3.63, 3.8) is 0 Å². The van der Waals surface area contributed by atoms with E-state index < -0.39 is 0 Å². The molecule has 0 saturated heterocycles. The highest BCUT2D eigenvalue weighted by atomic mass is 79.9. The smallest absolute Gasteiger partial charge is 0.146 e. The molecule has 0 aliphatic heterocycles. The Labute approximate surface area is 115 Å². The van der Waals surface area contributed by atoms with Gasteiger partial charge < -0.3 is 0 Å². The van der Waals surface area contributed by atoms with Gasteiger partial charge in [-0.05, 0) is 36.6 Å². The number of benzene rings is 1. The Morgan fingerprint density at radius 2 is 2.06 bits per heavy atom. The van der Waals surface area contributed by atoms with Crippen molar-refractivity contribution in [1.29, 1.82) is 0 Å². The fourth-order valence-electron chi connectivity index (χ4n) is 1.71. The van der Waals surface area contributed by atoms with E-state index in [-0.39, 0.29) is 6.04 Å². The first kappa shape index (κ1) is 13.1. The number of nitrogens with one attached hydrogen (secondary N) is 1. The van der Waals surface area contributed by atoms with Crippen LogP contribution in [-0.4, -0.2) is 9.97 Å². The first-order valence-electron chi connectivity index (χ1n) is 5.68. The third-order valence-electron chi connectivity index (χ3n) is 2.64. The molecule has 1 atom stereocenters. The lowest BCUT2D eigenvalue weighted by atomic mass is 10.1. The van der Waals surface area contributed by atoms with Gasteiger partial charge in [0.05, 0.1) is 6.04 Å². The Morgan fingerprint density at radius 3 is 2.67 bits per heavy atom. The summed E-state index contributed by atoms with van der Waals surface area (Å²) in [5.74, 6) is 6.30. The predicted octanol–water partition coefficient (Wildman–Crippen LogP) is 2.29. The van der Waals surface area contributed by atoms with E-state index in [1.165, 1.54) is 5.56 Å². The predicted molar refractivity (Wildman–Crippen MR) is 74.7 cm³/mol. The molecule has 0 radical (unpaired) electrons. The third-order valence-corrected chi connectivity index (χ3v) is 3.14. The number of hydrogen-bond acceptors (Lipinski definition) is 4. The van der Waals surface area contributed by atoms with E-state index >= 15 is 0 Å². The zero-order chi connectivity index (χ0) is 13.0. The second kappa shape index (κ2) is 6.04. The Morgan fingerprint density at radius 1 is 1.33 bits per heavy atom. The van der Waals surface area contributed by atoms with Gasteiger partial charge in [-0.1, -0.05) is 28.1 Å². The van der Waals surface area contributed by atoms with Gasteiger partial charge in [0.1, 0.15) is 5.82 Å². The maximum atomic E-state index is 5.59. The molecule has 1 unspecified atom stereocenters. The molecule has 2 rings (SSSR count). The number of hydrazine groups is 1. The summed E-state index contributed by atoms with van der Waals surface area (Å²) in [6, 6.07) is 8.04. The van der Waals surface area contributed by atoms with E-state index in [0.717, 1.165) is 16.5 Å². The second-order valence-corrected chi connectivity index (χ2v) is 5.09. The number of aryl methyl sites for hydroxylation is 1. The maximum absolute atomic E-state index is 5.59. The molecule has 1 aromatic heterocycles. The van der Waals surface area contributed by atoms with Gasteiger partial charge in [-0.15, -0.1) is 0 Å². The van der Waals surface area contributed by atoms with Crippen molar-refractivity contribution >= 4 is 15.9 Å². The monoisotopic (exact) mass is 306 g/mol. The van der Waals surface area contributed by atoms with Crippen LogP contribution in [0.15, 0.2) is 41.1 Å². The lowest BCUT2D eigenvalue weighted by Crippen LogP contribution is -2.31. The summed E-state index contributed by atoms with van der Waals surface area (Å²) in [4.78, 5) is 8.61. The van der Waals surface area contributed by atoms with Crippen molar-refractivity contribution in [3.05, 3.63) is 58.1 Å². The van der Waals surface area contributed by atoms with E-state index in [0.29, 0.717) is 5.82 Å². The summed E-state index contributed by atoms with van der Waals surface area (Å²) in [5.41, 5.74) is 4.98.